The van der Waals surface area contributed by atoms with E-state index in [1.54, 1.807) is 0 Å². The fraction of sp³-hybridized carbons (Fsp3) is 0.340. The van der Waals surface area contributed by atoms with Crippen LogP contribution in [0.15, 0.2) is 144 Å². The van der Waals surface area contributed by atoms with Crippen molar-refractivity contribution in [2.45, 2.75) is 108 Å². The van der Waals surface area contributed by atoms with Gasteiger partial charge in [0.25, 0.3) is 5.91 Å². The number of carbonyl (C=O) groups excluding carboxylic acids is 1. The second kappa shape index (κ2) is 16.5. The molecule has 5 aromatic rings. The van der Waals surface area contributed by atoms with Crippen LogP contribution in [0, 0.1) is 0 Å². The zero-order valence-corrected chi connectivity index (χ0v) is 35.6. The predicted octanol–water partition coefficient (Wildman–Crippen LogP) is 8.68. The van der Waals surface area contributed by atoms with E-state index in [0.29, 0.717) is 12.1 Å². The fourth-order valence-electron chi connectivity index (χ4n) is 9.00. The van der Waals surface area contributed by atoms with Crippen LogP contribution in [0.25, 0.3) is 11.1 Å². The summed E-state index contributed by atoms with van der Waals surface area (Å²) in [5, 5.41) is 6.56. The predicted molar refractivity (Wildman–Crippen MR) is 242 cm³/mol. The molecule has 0 aromatic heterocycles. The molecular weight excluding hydrogens is 743 g/mol. The van der Waals surface area contributed by atoms with Crippen LogP contribution >= 0.6 is 0 Å². The minimum absolute atomic E-state index is 0.153. The van der Waals surface area contributed by atoms with E-state index < -0.39 is 29.4 Å². The lowest BCUT2D eigenvalue weighted by molar-refractivity contribution is -0.131. The van der Waals surface area contributed by atoms with Crippen LogP contribution in [0.5, 0.6) is 0 Å². The normalized spacial score (nSPS) is 18.3. The average Bonchev–Trinajstić information content (AvgIpc) is 3.90. The zero-order chi connectivity index (χ0) is 42.1. The molecule has 0 unspecified atom stereocenters. The van der Waals surface area contributed by atoms with E-state index in [0.717, 1.165) is 89.6 Å². The van der Waals surface area contributed by atoms with Gasteiger partial charge in [-0.15, -0.1) is 5.10 Å². The number of hydrogen-bond donors (Lipinski definition) is 2. The molecule has 3 aliphatic rings. The Morgan fingerprint density at radius 3 is 1.85 bits per heavy atom. The highest BCUT2D eigenvalue weighted by atomic mass is 16.7. The molecule has 8 rings (SSSR count). The lowest BCUT2D eigenvalue weighted by Gasteiger charge is -2.41. The van der Waals surface area contributed by atoms with Crippen molar-refractivity contribution in [1.82, 2.24) is 10.0 Å². The maximum Gasteiger partial charge on any atom is 0.494 e. The number of nitrogens with zero attached hydrogens (tertiary/aromatic N) is 4. The molecule has 5 aromatic carbocycles. The van der Waals surface area contributed by atoms with E-state index in [2.05, 4.69) is 101 Å². The molecule has 60 heavy (non-hydrogen) atoms. The Bertz CT molecular complexity index is 2250. The van der Waals surface area contributed by atoms with Crippen molar-refractivity contribution in [3.8, 4) is 11.1 Å². The average molecular weight is 801 g/mol. The molecule has 1 amide bonds. The van der Waals surface area contributed by atoms with Gasteiger partial charge in [0.2, 0.25) is 0 Å². The third-order valence-electron chi connectivity index (χ3n) is 13.1. The summed E-state index contributed by atoms with van der Waals surface area (Å²) < 4.78 is 13.0. The van der Waals surface area contributed by atoms with E-state index in [1.807, 2.05) is 71.6 Å². The second-order valence-corrected chi connectivity index (χ2v) is 17.5. The van der Waals surface area contributed by atoms with Crippen LogP contribution in [0.3, 0.4) is 0 Å². The van der Waals surface area contributed by atoms with Crippen LogP contribution in [0.1, 0.15) is 107 Å². The molecule has 2 fully saturated rings. The molecule has 0 atom stereocenters. The summed E-state index contributed by atoms with van der Waals surface area (Å²) in [6.07, 6.45) is 6.64. The number of nitrogens with two attached hydrogens (primary N) is 2. The first-order valence-electron chi connectivity index (χ1n) is 21.4. The summed E-state index contributed by atoms with van der Waals surface area (Å²) in [5.74, 6) is 8.57. The van der Waals surface area contributed by atoms with Gasteiger partial charge in [0, 0.05) is 12.0 Å². The minimum Gasteiger partial charge on any atom is -0.399 e. The molecule has 1 saturated carbocycles. The standard InChI is InChI=1S/C50H57BN6O3/c1-6-7-25-44-54-49(32-17-18-33-49)46(58)56(44)35-36-26-28-37(29-27-36)43-34-41(51-59-47(2,3)48(4,5)60-51)30-31-42(43)45(52)55-57(53)50(38-19-11-8-12-20-38,39-21-13-9-14-22-39)40-23-15-10-16-24-40/h8-16,19-24,26-31,34H,6-7,17-18,25,32-33,35,53H2,1-5H3,(H2,52,55). The van der Waals surface area contributed by atoms with Gasteiger partial charge in [0.15, 0.2) is 5.84 Å². The SMILES string of the molecule is CCCCC1=NC2(CCCC2)C(=O)N1Cc1ccc(-c2cc(B3OC(C)(C)C(C)(C)O3)ccc2/C(N)=N/N(N)C(c2ccccc2)(c2ccccc2)c2ccccc2)cc1. The Hall–Kier alpha value is -5.55. The maximum atomic E-state index is 13.9. The van der Waals surface area contributed by atoms with E-state index in [-0.39, 0.29) is 11.7 Å². The van der Waals surface area contributed by atoms with Crippen molar-refractivity contribution < 1.29 is 14.1 Å². The molecule has 9 nitrogen and oxygen atoms in total. The summed E-state index contributed by atoms with van der Waals surface area (Å²) in [4.78, 5) is 21.0. The number of benzene rings is 5. The Kier molecular flexibility index (Phi) is 11.3. The Balaban J connectivity index is 1.20. The number of hydrazone groups is 1. The van der Waals surface area contributed by atoms with Gasteiger partial charge in [-0.1, -0.05) is 160 Å². The first-order chi connectivity index (χ1) is 28.9. The highest BCUT2D eigenvalue weighted by Crippen LogP contribution is 2.43. The van der Waals surface area contributed by atoms with Gasteiger partial charge in [-0.05, 0) is 85.8 Å². The molecule has 1 aliphatic carbocycles. The number of aliphatic imine (C=N–C) groups is 1. The molecule has 2 aliphatic heterocycles. The van der Waals surface area contributed by atoms with Crippen LogP contribution in [0.4, 0.5) is 0 Å². The number of carbonyl (C=O) groups is 1. The van der Waals surface area contributed by atoms with E-state index in [4.69, 9.17) is 31.0 Å². The molecule has 0 radical (unpaired) electrons. The molecular formula is C50H57BN6O3. The minimum atomic E-state index is -1.03. The van der Waals surface area contributed by atoms with Gasteiger partial charge < -0.3 is 15.0 Å². The summed E-state index contributed by atoms with van der Waals surface area (Å²) in [5.41, 5.74) is 11.7. The molecule has 308 valence electrons. The first-order valence-corrected chi connectivity index (χ1v) is 21.4. The highest BCUT2D eigenvalue weighted by Gasteiger charge is 2.52. The Labute approximate surface area is 355 Å². The Morgan fingerprint density at radius 2 is 1.33 bits per heavy atom. The highest BCUT2D eigenvalue weighted by molar-refractivity contribution is 6.62. The van der Waals surface area contributed by atoms with Crippen molar-refractivity contribution in [1.29, 1.82) is 0 Å². The van der Waals surface area contributed by atoms with Crippen molar-refractivity contribution in [3.63, 3.8) is 0 Å². The molecule has 4 N–H and O–H groups in total. The number of rotatable bonds is 13. The molecule has 0 bridgehead atoms. The first kappa shape index (κ1) is 41.2. The third-order valence-corrected chi connectivity index (χ3v) is 13.1. The monoisotopic (exact) mass is 800 g/mol. The van der Waals surface area contributed by atoms with Crippen LogP contribution in [0.2, 0.25) is 0 Å². The molecule has 1 saturated heterocycles. The van der Waals surface area contributed by atoms with Gasteiger partial charge in [-0.2, -0.15) is 0 Å². The Morgan fingerprint density at radius 1 is 0.800 bits per heavy atom. The molecule has 1 spiro atoms. The third kappa shape index (κ3) is 7.46. The lowest BCUT2D eigenvalue weighted by atomic mass is 9.76. The summed E-state index contributed by atoms with van der Waals surface area (Å²) in [6, 6.07) is 44.9. The van der Waals surface area contributed by atoms with Crippen LogP contribution in [-0.4, -0.2) is 51.5 Å². The van der Waals surface area contributed by atoms with Crippen molar-refractivity contribution >= 4 is 30.2 Å². The van der Waals surface area contributed by atoms with E-state index in [9.17, 15) is 4.79 Å². The smallest absolute Gasteiger partial charge is 0.399 e. The quantitative estimate of drug-likeness (QED) is 0.0307. The number of amides is 1. The second-order valence-electron chi connectivity index (χ2n) is 17.5. The number of amidine groups is 2. The van der Waals surface area contributed by atoms with Gasteiger partial charge in [0.05, 0.1) is 17.7 Å². The van der Waals surface area contributed by atoms with Crippen LogP contribution < -0.4 is 17.0 Å². The van der Waals surface area contributed by atoms with Crippen molar-refractivity contribution in [2.75, 3.05) is 0 Å². The number of hydrogen-bond acceptors (Lipinski definition) is 7. The summed E-state index contributed by atoms with van der Waals surface area (Å²) in [7, 11) is -0.585. The number of hydrazine groups is 1. The van der Waals surface area contributed by atoms with Crippen LogP contribution in [-0.2, 0) is 26.2 Å². The van der Waals surface area contributed by atoms with Crippen molar-refractivity contribution in [2.24, 2.45) is 21.7 Å². The fourth-order valence-corrected chi connectivity index (χ4v) is 9.00. The van der Waals surface area contributed by atoms with Gasteiger partial charge >= 0.3 is 7.12 Å². The van der Waals surface area contributed by atoms with E-state index in [1.165, 1.54) is 5.12 Å². The largest absolute Gasteiger partial charge is 0.494 e. The van der Waals surface area contributed by atoms with E-state index >= 15 is 0 Å². The summed E-state index contributed by atoms with van der Waals surface area (Å²) in [6.45, 7) is 10.9. The lowest BCUT2D eigenvalue weighted by Crippen LogP contribution is -2.50. The summed E-state index contributed by atoms with van der Waals surface area (Å²) >= 11 is 0. The van der Waals surface area contributed by atoms with Gasteiger partial charge in [-0.25, -0.2) is 11.0 Å². The maximum absolute atomic E-state index is 13.9. The van der Waals surface area contributed by atoms with Gasteiger partial charge in [0.1, 0.15) is 16.9 Å². The zero-order valence-electron chi connectivity index (χ0n) is 35.6. The number of unbranched alkanes of at least 4 members (excludes halogenated alkanes) is 1. The molecule has 2 heterocycles. The van der Waals surface area contributed by atoms with Gasteiger partial charge in [-0.3, -0.25) is 14.7 Å². The topological polar surface area (TPSA) is 119 Å². The molecule has 10 heteroatoms. The van der Waals surface area contributed by atoms with Crippen molar-refractivity contribution in [3.05, 3.63) is 161 Å².